The van der Waals surface area contributed by atoms with Crippen molar-refractivity contribution >= 4 is 18.2 Å². The van der Waals surface area contributed by atoms with Crippen LogP contribution in [-0.4, -0.2) is 19.2 Å². The molecule has 0 radical (unpaired) electrons. The molecular formula is C17H15NO2. The van der Waals surface area contributed by atoms with Crippen molar-refractivity contribution in [2.75, 3.05) is 7.11 Å². The van der Waals surface area contributed by atoms with E-state index in [1.165, 1.54) is 6.21 Å². The molecule has 0 saturated heterocycles. The SMILES string of the molecule is COc1ccc(C(=O)N=C/C=C/c2ccccc2)cc1. The molecule has 3 heteroatoms. The molecule has 2 aromatic rings. The molecule has 20 heavy (non-hydrogen) atoms. The highest BCUT2D eigenvalue weighted by Crippen LogP contribution is 2.11. The number of benzene rings is 2. The Hall–Kier alpha value is -2.68. The number of carbonyl (C=O) groups excluding carboxylic acids is 1. The maximum absolute atomic E-state index is 11.8. The topological polar surface area (TPSA) is 38.7 Å². The Morgan fingerprint density at radius 1 is 1.05 bits per heavy atom. The van der Waals surface area contributed by atoms with Gasteiger partial charge >= 0.3 is 0 Å². The minimum atomic E-state index is -0.273. The van der Waals surface area contributed by atoms with Gasteiger partial charge in [-0.1, -0.05) is 36.4 Å². The fourth-order valence-electron chi connectivity index (χ4n) is 1.64. The van der Waals surface area contributed by atoms with Crippen molar-refractivity contribution < 1.29 is 9.53 Å². The first-order valence-corrected chi connectivity index (χ1v) is 6.24. The van der Waals surface area contributed by atoms with E-state index >= 15 is 0 Å². The standard InChI is InChI=1S/C17H15NO2/c1-20-16-11-9-15(10-12-16)17(19)18-13-5-8-14-6-3-2-4-7-14/h2-13H,1H3/b8-5+,18-13?. The lowest BCUT2D eigenvalue weighted by molar-refractivity contribution is 0.100. The van der Waals surface area contributed by atoms with Crippen LogP contribution in [0.25, 0.3) is 6.08 Å². The fraction of sp³-hybridized carbons (Fsp3) is 0.0588. The Kier molecular flexibility index (Phi) is 4.84. The van der Waals surface area contributed by atoms with E-state index in [1.54, 1.807) is 37.5 Å². The summed E-state index contributed by atoms with van der Waals surface area (Å²) in [6.07, 6.45) is 5.14. The molecule has 0 heterocycles. The van der Waals surface area contributed by atoms with Gasteiger partial charge in [0.1, 0.15) is 5.75 Å². The minimum Gasteiger partial charge on any atom is -0.497 e. The zero-order chi connectivity index (χ0) is 14.2. The fourth-order valence-corrected chi connectivity index (χ4v) is 1.64. The molecule has 0 fully saturated rings. The lowest BCUT2D eigenvalue weighted by Crippen LogP contribution is -1.94. The van der Waals surface area contributed by atoms with Crippen molar-refractivity contribution in [3.63, 3.8) is 0 Å². The summed E-state index contributed by atoms with van der Waals surface area (Å²) in [7, 11) is 1.59. The average Bonchev–Trinajstić information content (AvgIpc) is 2.52. The Labute approximate surface area is 118 Å². The Bertz CT molecular complexity index is 613. The van der Waals surface area contributed by atoms with E-state index < -0.39 is 0 Å². The van der Waals surface area contributed by atoms with Crippen LogP contribution in [-0.2, 0) is 0 Å². The number of methoxy groups -OCH3 is 1. The first-order valence-electron chi connectivity index (χ1n) is 6.24. The Balaban J connectivity index is 1.96. The Morgan fingerprint density at radius 3 is 2.40 bits per heavy atom. The van der Waals surface area contributed by atoms with Crippen LogP contribution in [0.15, 0.2) is 65.7 Å². The van der Waals surface area contributed by atoms with E-state index in [9.17, 15) is 4.79 Å². The number of ether oxygens (including phenoxy) is 1. The van der Waals surface area contributed by atoms with Gasteiger partial charge in [0.2, 0.25) is 0 Å². The van der Waals surface area contributed by atoms with E-state index in [0.717, 1.165) is 11.3 Å². The van der Waals surface area contributed by atoms with Gasteiger partial charge in [0, 0.05) is 11.8 Å². The number of carbonyl (C=O) groups is 1. The molecule has 0 saturated carbocycles. The number of hydrogen-bond donors (Lipinski definition) is 0. The largest absolute Gasteiger partial charge is 0.497 e. The average molecular weight is 265 g/mol. The van der Waals surface area contributed by atoms with Crippen molar-refractivity contribution in [1.29, 1.82) is 0 Å². The van der Waals surface area contributed by atoms with Gasteiger partial charge in [0.25, 0.3) is 5.91 Å². The number of amides is 1. The third kappa shape index (κ3) is 3.92. The van der Waals surface area contributed by atoms with E-state index in [4.69, 9.17) is 4.74 Å². The predicted molar refractivity (Wildman–Crippen MR) is 81.3 cm³/mol. The lowest BCUT2D eigenvalue weighted by Gasteiger charge is -1.99. The van der Waals surface area contributed by atoms with Crippen molar-refractivity contribution in [3.05, 3.63) is 71.8 Å². The highest BCUT2D eigenvalue weighted by atomic mass is 16.5. The summed E-state index contributed by atoms with van der Waals surface area (Å²) >= 11 is 0. The quantitative estimate of drug-likeness (QED) is 0.792. The summed E-state index contributed by atoms with van der Waals surface area (Å²) in [6.45, 7) is 0. The predicted octanol–water partition coefficient (Wildman–Crippen LogP) is 3.62. The molecule has 2 rings (SSSR count). The van der Waals surface area contributed by atoms with Crippen LogP contribution in [0.2, 0.25) is 0 Å². The molecule has 0 aliphatic heterocycles. The first-order chi connectivity index (χ1) is 9.79. The monoisotopic (exact) mass is 265 g/mol. The summed E-state index contributed by atoms with van der Waals surface area (Å²) in [5, 5.41) is 0. The molecule has 0 aliphatic carbocycles. The number of rotatable bonds is 4. The summed E-state index contributed by atoms with van der Waals surface area (Å²) in [5.41, 5.74) is 1.60. The van der Waals surface area contributed by atoms with E-state index in [1.807, 2.05) is 36.4 Å². The highest BCUT2D eigenvalue weighted by Gasteiger charge is 2.01. The van der Waals surface area contributed by atoms with Crippen molar-refractivity contribution in [2.24, 2.45) is 4.99 Å². The van der Waals surface area contributed by atoms with Crippen molar-refractivity contribution in [3.8, 4) is 5.75 Å². The molecule has 100 valence electrons. The second-order valence-corrected chi connectivity index (χ2v) is 4.08. The summed E-state index contributed by atoms with van der Waals surface area (Å²) in [4.78, 5) is 15.7. The lowest BCUT2D eigenvalue weighted by atomic mass is 10.2. The van der Waals surface area contributed by atoms with E-state index in [2.05, 4.69) is 4.99 Å². The van der Waals surface area contributed by atoms with E-state index in [0.29, 0.717) is 5.56 Å². The maximum atomic E-state index is 11.8. The normalized spacial score (nSPS) is 11.1. The molecule has 1 amide bonds. The molecule has 2 aromatic carbocycles. The zero-order valence-electron chi connectivity index (χ0n) is 11.2. The van der Waals surface area contributed by atoms with Crippen LogP contribution >= 0.6 is 0 Å². The zero-order valence-corrected chi connectivity index (χ0v) is 11.2. The Morgan fingerprint density at radius 2 is 1.75 bits per heavy atom. The van der Waals surface area contributed by atoms with Crippen LogP contribution in [0.1, 0.15) is 15.9 Å². The van der Waals surface area contributed by atoms with Crippen LogP contribution in [0.5, 0.6) is 5.75 Å². The molecular weight excluding hydrogens is 250 g/mol. The maximum Gasteiger partial charge on any atom is 0.276 e. The second-order valence-electron chi connectivity index (χ2n) is 4.08. The summed E-state index contributed by atoms with van der Waals surface area (Å²) in [6, 6.07) is 16.7. The molecule has 0 N–H and O–H groups in total. The van der Waals surface area contributed by atoms with Crippen LogP contribution < -0.4 is 4.74 Å². The van der Waals surface area contributed by atoms with Gasteiger partial charge in [-0.2, -0.15) is 0 Å². The smallest absolute Gasteiger partial charge is 0.276 e. The molecule has 0 atom stereocenters. The van der Waals surface area contributed by atoms with Crippen molar-refractivity contribution in [1.82, 2.24) is 0 Å². The molecule has 0 aromatic heterocycles. The van der Waals surface area contributed by atoms with Gasteiger partial charge in [-0.25, -0.2) is 4.99 Å². The van der Waals surface area contributed by atoms with E-state index in [-0.39, 0.29) is 5.91 Å². The molecule has 0 unspecified atom stereocenters. The first kappa shape index (κ1) is 13.7. The third-order valence-corrected chi connectivity index (χ3v) is 2.70. The van der Waals surface area contributed by atoms with Gasteiger partial charge in [-0.15, -0.1) is 0 Å². The summed E-state index contributed by atoms with van der Waals surface area (Å²) < 4.78 is 5.04. The van der Waals surface area contributed by atoms with Crippen LogP contribution in [0.4, 0.5) is 0 Å². The molecule has 0 aliphatic rings. The van der Waals surface area contributed by atoms with Gasteiger partial charge in [-0.3, -0.25) is 4.79 Å². The van der Waals surface area contributed by atoms with Crippen LogP contribution in [0.3, 0.4) is 0 Å². The molecule has 0 spiro atoms. The van der Waals surface area contributed by atoms with Gasteiger partial charge in [-0.05, 0) is 35.9 Å². The summed E-state index contributed by atoms with van der Waals surface area (Å²) in [5.74, 6) is 0.444. The van der Waals surface area contributed by atoms with Gasteiger partial charge < -0.3 is 4.74 Å². The number of hydrogen-bond acceptors (Lipinski definition) is 2. The third-order valence-electron chi connectivity index (χ3n) is 2.70. The number of aliphatic imine (C=N–C) groups is 1. The second kappa shape index (κ2) is 7.04. The van der Waals surface area contributed by atoms with Gasteiger partial charge in [0.15, 0.2) is 0 Å². The highest BCUT2D eigenvalue weighted by molar-refractivity contribution is 6.01. The van der Waals surface area contributed by atoms with Gasteiger partial charge in [0.05, 0.1) is 7.11 Å². The molecule has 3 nitrogen and oxygen atoms in total. The minimum absolute atomic E-state index is 0.273. The van der Waals surface area contributed by atoms with Crippen molar-refractivity contribution in [2.45, 2.75) is 0 Å². The number of nitrogens with zero attached hydrogens (tertiary/aromatic N) is 1. The molecule has 0 bridgehead atoms. The van der Waals surface area contributed by atoms with Crippen LogP contribution in [0, 0.1) is 0 Å². The number of allylic oxidation sites excluding steroid dienone is 1.